The highest BCUT2D eigenvalue weighted by Gasteiger charge is 2.25. The highest BCUT2D eigenvalue weighted by Crippen LogP contribution is 2.24. The van der Waals surface area contributed by atoms with Crippen LogP contribution in [0.3, 0.4) is 0 Å². The van der Waals surface area contributed by atoms with Gasteiger partial charge in [-0.15, -0.1) is 0 Å². The van der Waals surface area contributed by atoms with Crippen LogP contribution in [-0.4, -0.2) is 44.1 Å². The molecule has 1 amide bonds. The van der Waals surface area contributed by atoms with Crippen molar-refractivity contribution in [2.75, 3.05) is 13.2 Å². The molecule has 25 heavy (non-hydrogen) atoms. The van der Waals surface area contributed by atoms with E-state index in [9.17, 15) is 4.79 Å². The van der Waals surface area contributed by atoms with Crippen molar-refractivity contribution in [3.8, 4) is 17.1 Å². The largest absolute Gasteiger partial charge is 0.494 e. The van der Waals surface area contributed by atoms with Crippen LogP contribution in [0.15, 0.2) is 36.7 Å². The Kier molecular flexibility index (Phi) is 3.97. The molecular weight excluding hydrogens is 318 g/mol. The average Bonchev–Trinajstić information content (AvgIpc) is 3.30. The van der Waals surface area contributed by atoms with Crippen molar-refractivity contribution >= 4 is 5.91 Å². The molecule has 0 bridgehead atoms. The molecule has 1 aromatic carbocycles. The minimum atomic E-state index is 0.00617. The van der Waals surface area contributed by atoms with Gasteiger partial charge >= 0.3 is 0 Å². The second-order valence-electron chi connectivity index (χ2n) is 5.94. The van der Waals surface area contributed by atoms with E-state index in [4.69, 9.17) is 4.74 Å². The summed E-state index contributed by atoms with van der Waals surface area (Å²) in [6.07, 6.45) is 4.26. The highest BCUT2D eigenvalue weighted by atomic mass is 16.5. The number of hydrogen-bond acceptors (Lipinski definition) is 4. The minimum Gasteiger partial charge on any atom is -0.494 e. The van der Waals surface area contributed by atoms with Crippen LogP contribution < -0.4 is 4.74 Å². The van der Waals surface area contributed by atoms with Crippen molar-refractivity contribution in [2.45, 2.75) is 19.9 Å². The SMILES string of the molecule is CCOc1cccc(C(=O)N2CCc3nc(-c4cn[nH]c4)[nH]c3C2)c1. The zero-order valence-electron chi connectivity index (χ0n) is 14.0. The fourth-order valence-electron chi connectivity index (χ4n) is 3.05. The summed E-state index contributed by atoms with van der Waals surface area (Å²) in [6, 6.07) is 7.33. The van der Waals surface area contributed by atoms with E-state index in [2.05, 4.69) is 20.2 Å². The average molecular weight is 337 g/mol. The molecule has 0 fully saturated rings. The number of benzene rings is 1. The predicted molar refractivity (Wildman–Crippen MR) is 92.2 cm³/mol. The molecule has 7 nitrogen and oxygen atoms in total. The van der Waals surface area contributed by atoms with Crippen molar-refractivity contribution in [3.05, 3.63) is 53.6 Å². The molecule has 2 N–H and O–H groups in total. The Bertz CT molecular complexity index is 885. The molecule has 2 aromatic heterocycles. The van der Waals surface area contributed by atoms with Gasteiger partial charge in [0.25, 0.3) is 5.91 Å². The van der Waals surface area contributed by atoms with E-state index in [0.717, 1.165) is 34.9 Å². The fraction of sp³-hybridized carbons (Fsp3) is 0.278. The normalized spacial score (nSPS) is 13.6. The number of ether oxygens (including phenoxy) is 1. The van der Waals surface area contributed by atoms with Gasteiger partial charge in [-0.1, -0.05) is 6.07 Å². The van der Waals surface area contributed by atoms with E-state index in [1.54, 1.807) is 18.5 Å². The summed E-state index contributed by atoms with van der Waals surface area (Å²) in [5.41, 5.74) is 3.56. The number of aromatic amines is 2. The molecule has 7 heteroatoms. The van der Waals surface area contributed by atoms with Gasteiger partial charge in [0, 0.05) is 24.7 Å². The number of aromatic nitrogens is 4. The number of carbonyl (C=O) groups excluding carboxylic acids is 1. The molecule has 0 atom stereocenters. The van der Waals surface area contributed by atoms with Crippen LogP contribution in [-0.2, 0) is 13.0 Å². The molecular formula is C18H19N5O2. The smallest absolute Gasteiger partial charge is 0.254 e. The van der Waals surface area contributed by atoms with Gasteiger partial charge < -0.3 is 14.6 Å². The molecule has 0 spiro atoms. The Labute approximate surface area is 145 Å². The summed E-state index contributed by atoms with van der Waals surface area (Å²) in [6.45, 7) is 3.68. The molecule has 3 aromatic rings. The summed E-state index contributed by atoms with van der Waals surface area (Å²) in [5, 5.41) is 6.74. The number of amides is 1. The number of fused-ring (bicyclic) bond motifs is 1. The first-order chi connectivity index (χ1) is 12.2. The lowest BCUT2D eigenvalue weighted by Gasteiger charge is -2.26. The highest BCUT2D eigenvalue weighted by molar-refractivity contribution is 5.94. The van der Waals surface area contributed by atoms with Gasteiger partial charge in [0.2, 0.25) is 0 Å². The van der Waals surface area contributed by atoms with E-state index in [1.165, 1.54) is 0 Å². The van der Waals surface area contributed by atoms with Gasteiger partial charge in [-0.25, -0.2) is 4.98 Å². The molecule has 128 valence electrons. The number of nitrogens with one attached hydrogen (secondary N) is 2. The summed E-state index contributed by atoms with van der Waals surface area (Å²) >= 11 is 0. The number of hydrogen-bond donors (Lipinski definition) is 2. The van der Waals surface area contributed by atoms with E-state index < -0.39 is 0 Å². The van der Waals surface area contributed by atoms with Crippen molar-refractivity contribution in [2.24, 2.45) is 0 Å². The van der Waals surface area contributed by atoms with Gasteiger partial charge in [0.1, 0.15) is 11.6 Å². The maximum atomic E-state index is 12.8. The van der Waals surface area contributed by atoms with Gasteiger partial charge in [-0.2, -0.15) is 5.10 Å². The third-order valence-corrected chi connectivity index (χ3v) is 4.28. The fourth-order valence-corrected chi connectivity index (χ4v) is 3.05. The Balaban J connectivity index is 1.54. The number of rotatable bonds is 4. The molecule has 0 saturated heterocycles. The Morgan fingerprint density at radius 2 is 2.32 bits per heavy atom. The van der Waals surface area contributed by atoms with E-state index >= 15 is 0 Å². The molecule has 3 heterocycles. The third-order valence-electron chi connectivity index (χ3n) is 4.28. The van der Waals surface area contributed by atoms with Gasteiger partial charge in [-0.3, -0.25) is 9.89 Å². The molecule has 4 rings (SSSR count). The van der Waals surface area contributed by atoms with Crippen molar-refractivity contribution in [1.29, 1.82) is 0 Å². The van der Waals surface area contributed by atoms with Crippen LogP contribution >= 0.6 is 0 Å². The van der Waals surface area contributed by atoms with Crippen molar-refractivity contribution < 1.29 is 9.53 Å². The lowest BCUT2D eigenvalue weighted by Crippen LogP contribution is -2.36. The first-order valence-corrected chi connectivity index (χ1v) is 8.33. The summed E-state index contributed by atoms with van der Waals surface area (Å²) in [4.78, 5) is 22.6. The number of nitrogens with zero attached hydrogens (tertiary/aromatic N) is 3. The lowest BCUT2D eigenvalue weighted by molar-refractivity contribution is 0.0731. The Morgan fingerprint density at radius 1 is 1.40 bits per heavy atom. The minimum absolute atomic E-state index is 0.00617. The summed E-state index contributed by atoms with van der Waals surface area (Å²) < 4.78 is 5.49. The monoisotopic (exact) mass is 337 g/mol. The predicted octanol–water partition coefficient (Wildman–Crippen LogP) is 2.40. The van der Waals surface area contributed by atoms with Gasteiger partial charge in [0.15, 0.2) is 0 Å². The number of imidazole rings is 1. The maximum absolute atomic E-state index is 12.8. The summed E-state index contributed by atoms with van der Waals surface area (Å²) in [7, 11) is 0. The van der Waals surface area contributed by atoms with Gasteiger partial charge in [-0.05, 0) is 25.1 Å². The van der Waals surface area contributed by atoms with Crippen LogP contribution in [0.5, 0.6) is 5.75 Å². The van der Waals surface area contributed by atoms with Crippen LogP contribution in [0.1, 0.15) is 28.7 Å². The van der Waals surface area contributed by atoms with E-state index in [1.807, 2.05) is 30.0 Å². The summed E-state index contributed by atoms with van der Waals surface area (Å²) in [5.74, 6) is 1.51. The Hall–Kier alpha value is -3.09. The Morgan fingerprint density at radius 3 is 3.12 bits per heavy atom. The molecule has 0 saturated carbocycles. The second-order valence-corrected chi connectivity index (χ2v) is 5.94. The van der Waals surface area contributed by atoms with E-state index in [-0.39, 0.29) is 5.91 Å². The molecule has 1 aliphatic heterocycles. The second kappa shape index (κ2) is 6.43. The van der Waals surface area contributed by atoms with Crippen molar-refractivity contribution in [1.82, 2.24) is 25.1 Å². The first kappa shape index (κ1) is 15.4. The van der Waals surface area contributed by atoms with Crippen LogP contribution in [0, 0.1) is 0 Å². The molecule has 0 radical (unpaired) electrons. The van der Waals surface area contributed by atoms with Crippen LogP contribution in [0.4, 0.5) is 0 Å². The lowest BCUT2D eigenvalue weighted by atomic mass is 10.1. The van der Waals surface area contributed by atoms with Crippen LogP contribution in [0.2, 0.25) is 0 Å². The zero-order valence-corrected chi connectivity index (χ0v) is 14.0. The molecule has 0 unspecified atom stereocenters. The molecule has 0 aliphatic carbocycles. The number of carbonyl (C=O) groups is 1. The van der Waals surface area contributed by atoms with Gasteiger partial charge in [0.05, 0.1) is 36.3 Å². The van der Waals surface area contributed by atoms with Crippen LogP contribution in [0.25, 0.3) is 11.4 Å². The van der Waals surface area contributed by atoms with E-state index in [0.29, 0.717) is 25.3 Å². The quantitative estimate of drug-likeness (QED) is 0.765. The topological polar surface area (TPSA) is 86.9 Å². The third kappa shape index (κ3) is 3.00. The number of H-pyrrole nitrogens is 2. The van der Waals surface area contributed by atoms with Crippen molar-refractivity contribution in [3.63, 3.8) is 0 Å². The standard InChI is InChI=1S/C18H19N5O2/c1-2-25-14-5-3-4-12(8-14)18(24)23-7-6-15-16(11-23)22-17(21-15)13-9-19-20-10-13/h3-5,8-10H,2,6-7,11H2,1H3,(H,19,20)(H,21,22). The molecule has 1 aliphatic rings. The zero-order chi connectivity index (χ0) is 17.2. The first-order valence-electron chi connectivity index (χ1n) is 8.33. The maximum Gasteiger partial charge on any atom is 0.254 e.